The third-order valence-electron chi connectivity index (χ3n) is 1.63. The highest BCUT2D eigenvalue weighted by molar-refractivity contribution is 6.15. The summed E-state index contributed by atoms with van der Waals surface area (Å²) in [5.74, 6) is 0.711. The molecule has 0 aromatic carbocycles. The Kier molecular flexibility index (Phi) is 3.20. The van der Waals surface area contributed by atoms with Crippen LogP contribution in [-0.4, -0.2) is 19.0 Å². The van der Waals surface area contributed by atoms with Gasteiger partial charge >= 0.3 is 0 Å². The first-order valence-corrected chi connectivity index (χ1v) is 3.97. The van der Waals surface area contributed by atoms with Gasteiger partial charge in [0.05, 0.1) is 12.8 Å². The summed E-state index contributed by atoms with van der Waals surface area (Å²) in [7, 11) is 1.61. The zero-order valence-electron chi connectivity index (χ0n) is 7.82. The van der Waals surface area contributed by atoms with E-state index in [2.05, 4.69) is 16.6 Å². The van der Waals surface area contributed by atoms with Crippen LogP contribution >= 0.6 is 0 Å². The normalized spacial score (nSPS) is 21.8. The molecule has 0 spiro atoms. The Bertz CT molecular complexity index is 322. The number of methoxy groups -OCH3 is 1. The van der Waals surface area contributed by atoms with E-state index < -0.39 is 0 Å². The van der Waals surface area contributed by atoms with Gasteiger partial charge in [0.2, 0.25) is 0 Å². The van der Waals surface area contributed by atoms with E-state index >= 15 is 0 Å². The van der Waals surface area contributed by atoms with Crippen LogP contribution in [0.2, 0.25) is 0 Å². The van der Waals surface area contributed by atoms with Crippen LogP contribution in [-0.2, 0) is 4.74 Å². The van der Waals surface area contributed by atoms with Gasteiger partial charge in [0, 0.05) is 18.5 Å². The molecule has 3 nitrogen and oxygen atoms in total. The number of nitrogens with zero attached hydrogens (tertiary/aromatic N) is 2. The SMILES string of the molecule is C=CN=C1C(OC)=CC=N/C1=C/C. The van der Waals surface area contributed by atoms with E-state index in [0.29, 0.717) is 5.76 Å². The standard InChI is InChI=1S/C10H12N2O/c1-4-8-10(11-5-2)9(13-3)6-7-12-8/h4-7H,2H2,1,3H3/b8-4+,11-10?. The van der Waals surface area contributed by atoms with Crippen molar-refractivity contribution in [1.82, 2.24) is 0 Å². The maximum atomic E-state index is 5.14. The number of allylic oxidation sites excluding steroid dienone is 2. The first kappa shape index (κ1) is 9.45. The molecule has 0 unspecified atom stereocenters. The van der Waals surface area contributed by atoms with Gasteiger partial charge in [0.15, 0.2) is 0 Å². The van der Waals surface area contributed by atoms with Gasteiger partial charge in [-0.3, -0.25) is 9.98 Å². The highest BCUT2D eigenvalue weighted by Gasteiger charge is 2.13. The van der Waals surface area contributed by atoms with E-state index in [1.54, 1.807) is 19.4 Å². The molecule has 13 heavy (non-hydrogen) atoms. The Morgan fingerprint density at radius 2 is 2.38 bits per heavy atom. The molecule has 1 aliphatic rings. The Morgan fingerprint density at radius 1 is 1.62 bits per heavy atom. The minimum atomic E-state index is 0.711. The van der Waals surface area contributed by atoms with Crippen molar-refractivity contribution in [1.29, 1.82) is 0 Å². The molecule has 0 N–H and O–H groups in total. The van der Waals surface area contributed by atoms with Crippen LogP contribution in [0.1, 0.15) is 6.92 Å². The van der Waals surface area contributed by atoms with E-state index in [9.17, 15) is 0 Å². The highest BCUT2D eigenvalue weighted by atomic mass is 16.5. The molecule has 1 heterocycles. The molecule has 68 valence electrons. The van der Waals surface area contributed by atoms with Crippen LogP contribution in [0.4, 0.5) is 0 Å². The number of dihydropyridines is 1. The number of rotatable bonds is 2. The monoisotopic (exact) mass is 176 g/mol. The summed E-state index contributed by atoms with van der Waals surface area (Å²) in [6.07, 6.45) is 6.82. The van der Waals surface area contributed by atoms with Crippen molar-refractivity contribution in [3.05, 3.63) is 36.4 Å². The number of aliphatic imine (C=N–C) groups is 2. The maximum absolute atomic E-state index is 5.14. The van der Waals surface area contributed by atoms with Crippen molar-refractivity contribution in [3.63, 3.8) is 0 Å². The summed E-state index contributed by atoms with van der Waals surface area (Å²) in [4.78, 5) is 8.24. The summed E-state index contributed by atoms with van der Waals surface area (Å²) in [6.45, 7) is 5.45. The summed E-state index contributed by atoms with van der Waals surface area (Å²) in [5, 5.41) is 0. The lowest BCUT2D eigenvalue weighted by atomic mass is 10.2. The van der Waals surface area contributed by atoms with Crippen molar-refractivity contribution in [2.45, 2.75) is 6.92 Å². The molecule has 0 saturated heterocycles. The van der Waals surface area contributed by atoms with Gasteiger partial charge in [-0.05, 0) is 6.92 Å². The molecule has 0 fully saturated rings. The maximum Gasteiger partial charge on any atom is 0.148 e. The van der Waals surface area contributed by atoms with Crippen LogP contribution in [0.25, 0.3) is 0 Å². The quantitative estimate of drug-likeness (QED) is 0.634. The molecule has 0 bridgehead atoms. The second kappa shape index (κ2) is 4.40. The summed E-state index contributed by atoms with van der Waals surface area (Å²) < 4.78 is 5.14. The van der Waals surface area contributed by atoms with Crippen LogP contribution in [0.5, 0.6) is 0 Å². The van der Waals surface area contributed by atoms with E-state index in [1.807, 2.05) is 13.0 Å². The molecule has 0 saturated carbocycles. The highest BCUT2D eigenvalue weighted by Crippen LogP contribution is 2.14. The van der Waals surface area contributed by atoms with Crippen LogP contribution in [0.3, 0.4) is 0 Å². The van der Waals surface area contributed by atoms with Gasteiger partial charge < -0.3 is 4.74 Å². The minimum absolute atomic E-state index is 0.711. The van der Waals surface area contributed by atoms with Crippen molar-refractivity contribution < 1.29 is 4.74 Å². The van der Waals surface area contributed by atoms with Gasteiger partial charge in [0.25, 0.3) is 0 Å². The van der Waals surface area contributed by atoms with Gasteiger partial charge in [-0.1, -0.05) is 12.7 Å². The lowest BCUT2D eigenvalue weighted by Crippen LogP contribution is -2.10. The molecule has 1 rings (SSSR count). The second-order valence-corrected chi connectivity index (χ2v) is 2.35. The third-order valence-corrected chi connectivity index (χ3v) is 1.63. The topological polar surface area (TPSA) is 34.0 Å². The lowest BCUT2D eigenvalue weighted by molar-refractivity contribution is 0.315. The zero-order chi connectivity index (χ0) is 9.68. The molecule has 0 aliphatic carbocycles. The average Bonchev–Trinajstić information content (AvgIpc) is 2.18. The van der Waals surface area contributed by atoms with Crippen LogP contribution < -0.4 is 0 Å². The average molecular weight is 176 g/mol. The number of ether oxygens (including phenoxy) is 1. The molecule has 1 aliphatic heterocycles. The van der Waals surface area contributed by atoms with Gasteiger partial charge in [0.1, 0.15) is 11.5 Å². The van der Waals surface area contributed by atoms with E-state index in [1.165, 1.54) is 6.20 Å². The molecule has 0 radical (unpaired) electrons. The third kappa shape index (κ3) is 1.93. The Morgan fingerprint density at radius 3 is 2.92 bits per heavy atom. The first-order valence-electron chi connectivity index (χ1n) is 3.97. The van der Waals surface area contributed by atoms with Crippen molar-refractivity contribution in [2.24, 2.45) is 9.98 Å². The second-order valence-electron chi connectivity index (χ2n) is 2.35. The zero-order valence-corrected chi connectivity index (χ0v) is 7.82. The Labute approximate surface area is 77.9 Å². The molecular formula is C10H12N2O. The minimum Gasteiger partial charge on any atom is -0.494 e. The predicted octanol–water partition coefficient (Wildman–Crippen LogP) is 2.09. The Balaban J connectivity index is 3.11. The first-order chi connectivity index (χ1) is 6.33. The lowest BCUT2D eigenvalue weighted by Gasteiger charge is -2.11. The van der Waals surface area contributed by atoms with Crippen molar-refractivity contribution in [2.75, 3.05) is 7.11 Å². The molecule has 3 heteroatoms. The van der Waals surface area contributed by atoms with Gasteiger partial charge in [-0.2, -0.15) is 0 Å². The van der Waals surface area contributed by atoms with Gasteiger partial charge in [-0.25, -0.2) is 0 Å². The summed E-state index contributed by atoms with van der Waals surface area (Å²) in [5.41, 5.74) is 1.53. The van der Waals surface area contributed by atoms with Crippen molar-refractivity contribution in [3.8, 4) is 0 Å². The Hall–Kier alpha value is -1.64. The smallest absolute Gasteiger partial charge is 0.148 e. The largest absolute Gasteiger partial charge is 0.494 e. The van der Waals surface area contributed by atoms with E-state index in [0.717, 1.165) is 11.4 Å². The van der Waals surface area contributed by atoms with Gasteiger partial charge in [-0.15, -0.1) is 0 Å². The fourth-order valence-corrected chi connectivity index (χ4v) is 1.05. The van der Waals surface area contributed by atoms with Crippen LogP contribution in [0, 0.1) is 0 Å². The fraction of sp³-hybridized carbons (Fsp3) is 0.200. The van der Waals surface area contributed by atoms with Crippen molar-refractivity contribution >= 4 is 11.9 Å². The summed E-state index contributed by atoms with van der Waals surface area (Å²) >= 11 is 0. The number of hydrogen-bond donors (Lipinski definition) is 0. The van der Waals surface area contributed by atoms with E-state index in [4.69, 9.17) is 4.74 Å². The summed E-state index contributed by atoms with van der Waals surface area (Å²) in [6, 6.07) is 0. The molecule has 0 amide bonds. The molecule has 0 aromatic heterocycles. The fourth-order valence-electron chi connectivity index (χ4n) is 1.05. The number of hydrogen-bond acceptors (Lipinski definition) is 3. The molecular weight excluding hydrogens is 164 g/mol. The molecule has 0 aromatic rings. The van der Waals surface area contributed by atoms with Crippen LogP contribution in [0.15, 0.2) is 46.4 Å². The predicted molar refractivity (Wildman–Crippen MR) is 55.0 cm³/mol. The van der Waals surface area contributed by atoms with E-state index in [-0.39, 0.29) is 0 Å². The molecule has 0 atom stereocenters.